The third-order valence-electron chi connectivity index (χ3n) is 4.10. The lowest BCUT2D eigenvalue weighted by Crippen LogP contribution is -2.33. The van der Waals surface area contributed by atoms with Crippen molar-refractivity contribution in [1.82, 2.24) is 4.90 Å². The summed E-state index contributed by atoms with van der Waals surface area (Å²) < 4.78 is 11.5. The fourth-order valence-corrected chi connectivity index (χ4v) is 3.11. The van der Waals surface area contributed by atoms with E-state index in [2.05, 4.69) is 18.7 Å². The van der Waals surface area contributed by atoms with Crippen LogP contribution in [0.4, 0.5) is 0 Å². The summed E-state index contributed by atoms with van der Waals surface area (Å²) in [7, 11) is 0. The third-order valence-corrected chi connectivity index (χ3v) is 4.10. The molecule has 0 saturated carbocycles. The lowest BCUT2D eigenvalue weighted by molar-refractivity contribution is -0.168. The Hall–Kier alpha value is -0.650. The smallest absolute Gasteiger partial charge is 0.306 e. The van der Waals surface area contributed by atoms with Crippen LogP contribution in [0.25, 0.3) is 0 Å². The quantitative estimate of drug-likeness (QED) is 0.825. The average molecular weight is 271 g/mol. The first-order valence-corrected chi connectivity index (χ1v) is 7.15. The van der Waals surface area contributed by atoms with E-state index in [0.717, 1.165) is 19.5 Å². The molecule has 0 aromatic heterocycles. The van der Waals surface area contributed by atoms with E-state index in [1.807, 2.05) is 6.92 Å². The second kappa shape index (κ2) is 5.77. The third kappa shape index (κ3) is 3.91. The Morgan fingerprint density at radius 2 is 2.26 bits per heavy atom. The standard InChI is InChI=1S/C14H25NO4/c1-10(2)15-5-4-11(8-15)7-14(3)18-9-12(19-14)6-13(16)17/h10-12H,4-9H2,1-3H3,(H,16,17). The van der Waals surface area contributed by atoms with Crippen molar-refractivity contribution in [2.45, 2.75) is 58.0 Å². The topological polar surface area (TPSA) is 59.0 Å². The van der Waals surface area contributed by atoms with Gasteiger partial charge in [0.2, 0.25) is 0 Å². The van der Waals surface area contributed by atoms with Gasteiger partial charge in [0, 0.05) is 19.0 Å². The van der Waals surface area contributed by atoms with Crippen LogP contribution in [0, 0.1) is 5.92 Å². The van der Waals surface area contributed by atoms with Crippen molar-refractivity contribution < 1.29 is 19.4 Å². The second-order valence-electron chi connectivity index (χ2n) is 6.23. The minimum atomic E-state index is -0.829. The second-order valence-corrected chi connectivity index (χ2v) is 6.23. The molecule has 0 aromatic rings. The normalized spacial score (nSPS) is 36.2. The highest BCUT2D eigenvalue weighted by Gasteiger charge is 2.41. The SMILES string of the molecule is CC(C)N1CCC(CC2(C)OCC(CC(=O)O)O2)C1. The van der Waals surface area contributed by atoms with Gasteiger partial charge in [-0.25, -0.2) is 0 Å². The number of carboxylic acid groups (broad SMARTS) is 1. The lowest BCUT2D eigenvalue weighted by Gasteiger charge is -2.27. The molecule has 0 radical (unpaired) electrons. The first-order valence-electron chi connectivity index (χ1n) is 7.15. The van der Waals surface area contributed by atoms with Gasteiger partial charge in [0.05, 0.1) is 19.1 Å². The zero-order valence-electron chi connectivity index (χ0n) is 12.1. The predicted octanol–water partition coefficient (Wildman–Crippen LogP) is 1.71. The molecule has 3 atom stereocenters. The van der Waals surface area contributed by atoms with Crippen LogP contribution < -0.4 is 0 Å². The molecule has 2 aliphatic rings. The van der Waals surface area contributed by atoms with Gasteiger partial charge in [0.25, 0.3) is 0 Å². The number of ether oxygens (including phenoxy) is 2. The van der Waals surface area contributed by atoms with E-state index in [4.69, 9.17) is 14.6 Å². The molecule has 2 fully saturated rings. The average Bonchev–Trinajstić information content (AvgIpc) is 2.86. The molecule has 2 aliphatic heterocycles. The monoisotopic (exact) mass is 271 g/mol. The van der Waals surface area contributed by atoms with Crippen LogP contribution in [0.3, 0.4) is 0 Å². The van der Waals surface area contributed by atoms with Gasteiger partial charge in [-0.2, -0.15) is 0 Å². The Labute approximate surface area is 114 Å². The molecule has 2 rings (SSSR count). The van der Waals surface area contributed by atoms with E-state index in [9.17, 15) is 4.79 Å². The fourth-order valence-electron chi connectivity index (χ4n) is 3.11. The number of carboxylic acids is 1. The van der Waals surface area contributed by atoms with Crippen molar-refractivity contribution in [3.05, 3.63) is 0 Å². The summed E-state index contributed by atoms with van der Waals surface area (Å²) >= 11 is 0. The zero-order valence-corrected chi connectivity index (χ0v) is 12.1. The molecular formula is C14H25NO4. The lowest BCUT2D eigenvalue weighted by atomic mass is 9.99. The minimum Gasteiger partial charge on any atom is -0.481 e. The molecule has 110 valence electrons. The zero-order chi connectivity index (χ0) is 14.0. The Kier molecular flexibility index (Phi) is 4.48. The number of nitrogens with zero attached hydrogens (tertiary/aromatic N) is 1. The van der Waals surface area contributed by atoms with Gasteiger partial charge in [0.1, 0.15) is 0 Å². The fraction of sp³-hybridized carbons (Fsp3) is 0.929. The summed E-state index contributed by atoms with van der Waals surface area (Å²) in [5.41, 5.74) is 0. The van der Waals surface area contributed by atoms with Crippen LogP contribution in [0.1, 0.15) is 40.0 Å². The molecule has 0 spiro atoms. The Morgan fingerprint density at radius 3 is 2.84 bits per heavy atom. The minimum absolute atomic E-state index is 0.0262. The number of hydrogen-bond donors (Lipinski definition) is 1. The summed E-state index contributed by atoms with van der Waals surface area (Å²) in [6.07, 6.45) is 1.75. The number of hydrogen-bond acceptors (Lipinski definition) is 4. The summed E-state index contributed by atoms with van der Waals surface area (Å²) in [5.74, 6) is -0.849. The molecule has 2 saturated heterocycles. The van der Waals surface area contributed by atoms with Gasteiger partial charge in [-0.05, 0) is 39.7 Å². The number of likely N-dealkylation sites (tertiary alicyclic amines) is 1. The van der Waals surface area contributed by atoms with Crippen molar-refractivity contribution in [1.29, 1.82) is 0 Å². The molecule has 0 aliphatic carbocycles. The van der Waals surface area contributed by atoms with Crippen molar-refractivity contribution in [2.75, 3.05) is 19.7 Å². The molecule has 0 amide bonds. The molecular weight excluding hydrogens is 246 g/mol. The first kappa shape index (κ1) is 14.8. The first-order chi connectivity index (χ1) is 8.88. The maximum absolute atomic E-state index is 10.7. The Balaban J connectivity index is 1.81. The highest BCUT2D eigenvalue weighted by molar-refractivity contribution is 5.67. The number of rotatable bonds is 5. The molecule has 5 heteroatoms. The van der Waals surface area contributed by atoms with Gasteiger partial charge in [-0.3, -0.25) is 4.79 Å². The van der Waals surface area contributed by atoms with Crippen LogP contribution in [0.5, 0.6) is 0 Å². The van der Waals surface area contributed by atoms with Gasteiger partial charge in [-0.15, -0.1) is 0 Å². The highest BCUT2D eigenvalue weighted by atomic mass is 16.7. The van der Waals surface area contributed by atoms with Crippen molar-refractivity contribution >= 4 is 5.97 Å². The number of aliphatic carboxylic acids is 1. The molecule has 3 unspecified atom stereocenters. The Bertz CT molecular complexity index is 333. The largest absolute Gasteiger partial charge is 0.481 e. The van der Waals surface area contributed by atoms with Gasteiger partial charge in [-0.1, -0.05) is 0 Å². The van der Waals surface area contributed by atoms with Crippen LogP contribution >= 0.6 is 0 Å². The molecule has 5 nitrogen and oxygen atoms in total. The molecule has 2 heterocycles. The summed E-state index contributed by atoms with van der Waals surface area (Å²) in [6.45, 7) is 8.99. The van der Waals surface area contributed by atoms with Gasteiger partial charge < -0.3 is 19.5 Å². The summed E-state index contributed by atoms with van der Waals surface area (Å²) in [5, 5.41) is 8.78. The van der Waals surface area contributed by atoms with Crippen molar-refractivity contribution in [3.8, 4) is 0 Å². The predicted molar refractivity (Wildman–Crippen MR) is 70.9 cm³/mol. The highest BCUT2D eigenvalue weighted by Crippen LogP contribution is 2.34. The molecule has 1 N–H and O–H groups in total. The van der Waals surface area contributed by atoms with Gasteiger partial charge >= 0.3 is 5.97 Å². The van der Waals surface area contributed by atoms with Crippen LogP contribution in [0.2, 0.25) is 0 Å². The van der Waals surface area contributed by atoms with E-state index in [1.165, 1.54) is 6.42 Å². The van der Waals surface area contributed by atoms with E-state index >= 15 is 0 Å². The summed E-state index contributed by atoms with van der Waals surface area (Å²) in [4.78, 5) is 13.2. The molecule has 19 heavy (non-hydrogen) atoms. The van der Waals surface area contributed by atoms with Crippen LogP contribution in [0.15, 0.2) is 0 Å². The van der Waals surface area contributed by atoms with E-state index in [1.54, 1.807) is 0 Å². The van der Waals surface area contributed by atoms with Crippen LogP contribution in [-0.4, -0.2) is 53.6 Å². The van der Waals surface area contributed by atoms with Crippen molar-refractivity contribution in [3.63, 3.8) is 0 Å². The molecule has 0 bridgehead atoms. The van der Waals surface area contributed by atoms with Crippen LogP contribution in [-0.2, 0) is 14.3 Å². The molecule has 0 aromatic carbocycles. The number of carbonyl (C=O) groups is 1. The maximum atomic E-state index is 10.7. The van der Waals surface area contributed by atoms with Crippen molar-refractivity contribution in [2.24, 2.45) is 5.92 Å². The Morgan fingerprint density at radius 1 is 1.53 bits per heavy atom. The van der Waals surface area contributed by atoms with E-state index in [-0.39, 0.29) is 12.5 Å². The van der Waals surface area contributed by atoms with E-state index in [0.29, 0.717) is 18.6 Å². The van der Waals surface area contributed by atoms with Gasteiger partial charge in [0.15, 0.2) is 5.79 Å². The maximum Gasteiger partial charge on any atom is 0.306 e. The summed E-state index contributed by atoms with van der Waals surface area (Å²) in [6, 6.07) is 0.586. The van der Waals surface area contributed by atoms with E-state index < -0.39 is 11.8 Å².